The van der Waals surface area contributed by atoms with E-state index in [1.54, 1.807) is 28.8 Å². The van der Waals surface area contributed by atoms with Crippen LogP contribution in [0.1, 0.15) is 33.6 Å². The fourth-order valence-electron chi connectivity index (χ4n) is 5.34. The first-order valence-electron chi connectivity index (χ1n) is 11.0. The SMILES string of the molecule is C=CCCOC(=O)[C@H]1[C@H]2C(=O)N(CCO)C(C(=O)N(CC=C)C(C)(C)C)C23CC(Br)[C@@H]1S3. The molecule has 0 aromatic heterocycles. The summed E-state index contributed by atoms with van der Waals surface area (Å²) in [6.07, 6.45) is 4.49. The quantitative estimate of drug-likeness (QED) is 0.214. The lowest BCUT2D eigenvalue weighted by atomic mass is 9.71. The largest absolute Gasteiger partial charge is 0.465 e. The summed E-state index contributed by atoms with van der Waals surface area (Å²) in [6, 6.07) is -0.757. The molecule has 3 heterocycles. The number of fused-ring (bicyclic) bond motifs is 1. The summed E-state index contributed by atoms with van der Waals surface area (Å²) in [5.74, 6) is -2.09. The standard InChI is InChI=1S/C23H33BrN2O5S/c1-6-8-12-31-21(30)15-16-19(28)25(10-11-27)18(23(16)13-14(24)17(15)32-23)20(29)26(9-7-2)22(3,4)5/h6-7,14-18,27H,1-2,8-13H2,3-5H3/t14?,15-,16-,17-,18?,23?/m0/s1. The highest BCUT2D eigenvalue weighted by Crippen LogP contribution is 2.68. The van der Waals surface area contributed by atoms with E-state index in [1.807, 2.05) is 20.8 Å². The average molecular weight is 529 g/mol. The van der Waals surface area contributed by atoms with Crippen LogP contribution in [0.25, 0.3) is 0 Å². The molecule has 0 aromatic carbocycles. The van der Waals surface area contributed by atoms with Crippen molar-refractivity contribution in [3.8, 4) is 0 Å². The van der Waals surface area contributed by atoms with Crippen LogP contribution in [0.15, 0.2) is 25.3 Å². The van der Waals surface area contributed by atoms with Gasteiger partial charge in [0.1, 0.15) is 6.04 Å². The Labute approximate surface area is 202 Å². The molecule has 1 spiro atoms. The zero-order chi connectivity index (χ0) is 23.8. The first kappa shape index (κ1) is 25.3. The van der Waals surface area contributed by atoms with E-state index in [1.165, 1.54) is 4.90 Å². The second-order valence-corrected chi connectivity index (χ2v) is 12.3. The van der Waals surface area contributed by atoms with Crippen LogP contribution < -0.4 is 0 Å². The zero-order valence-corrected chi connectivity index (χ0v) is 21.4. The van der Waals surface area contributed by atoms with Gasteiger partial charge in [0.2, 0.25) is 11.8 Å². The zero-order valence-electron chi connectivity index (χ0n) is 19.0. The van der Waals surface area contributed by atoms with Crippen LogP contribution >= 0.6 is 27.7 Å². The van der Waals surface area contributed by atoms with Crippen LogP contribution in [-0.4, -0.2) is 85.4 Å². The highest BCUT2D eigenvalue weighted by atomic mass is 79.9. The molecule has 3 aliphatic heterocycles. The number of ether oxygens (including phenoxy) is 1. The summed E-state index contributed by atoms with van der Waals surface area (Å²) in [4.78, 5) is 43.9. The molecule has 3 saturated heterocycles. The maximum absolute atomic E-state index is 14.0. The van der Waals surface area contributed by atoms with Gasteiger partial charge in [-0.15, -0.1) is 24.9 Å². The van der Waals surface area contributed by atoms with E-state index < -0.39 is 34.1 Å². The fourth-order valence-corrected chi connectivity index (χ4v) is 8.93. The van der Waals surface area contributed by atoms with Gasteiger partial charge in [0.15, 0.2) is 0 Å². The number of aliphatic hydroxyl groups is 1. The molecule has 9 heteroatoms. The molecule has 2 bridgehead atoms. The number of nitrogens with zero attached hydrogens (tertiary/aromatic N) is 2. The summed E-state index contributed by atoms with van der Waals surface area (Å²) >= 11 is 5.28. The highest BCUT2D eigenvalue weighted by Gasteiger charge is 2.76. The Morgan fingerprint density at radius 2 is 2.06 bits per heavy atom. The number of carbonyl (C=O) groups is 3. The van der Waals surface area contributed by atoms with E-state index in [9.17, 15) is 19.5 Å². The summed E-state index contributed by atoms with van der Waals surface area (Å²) in [5, 5.41) is 9.55. The lowest BCUT2D eigenvalue weighted by Gasteiger charge is -2.42. The number of β-amino-alcohol motifs (C(OH)–C–C–N with tert-alkyl or cyclic N) is 1. The van der Waals surface area contributed by atoms with Gasteiger partial charge in [-0.25, -0.2) is 0 Å². The Morgan fingerprint density at radius 3 is 2.62 bits per heavy atom. The van der Waals surface area contributed by atoms with Crippen LogP contribution in [-0.2, 0) is 19.1 Å². The third kappa shape index (κ3) is 4.05. The van der Waals surface area contributed by atoms with Crippen LogP contribution in [0.2, 0.25) is 0 Å². The predicted molar refractivity (Wildman–Crippen MR) is 128 cm³/mol. The van der Waals surface area contributed by atoms with Gasteiger partial charge < -0.3 is 19.6 Å². The van der Waals surface area contributed by atoms with Gasteiger partial charge in [-0.1, -0.05) is 28.1 Å². The Bertz CT molecular complexity index is 800. The Kier molecular flexibility index (Phi) is 7.52. The molecule has 3 fully saturated rings. The smallest absolute Gasteiger partial charge is 0.310 e. The number of halogens is 1. The van der Waals surface area contributed by atoms with Crippen molar-refractivity contribution in [2.75, 3.05) is 26.3 Å². The van der Waals surface area contributed by atoms with Crippen molar-refractivity contribution in [2.45, 2.75) is 60.0 Å². The molecule has 178 valence electrons. The Balaban J connectivity index is 2.03. The molecule has 3 aliphatic rings. The number of hydrogen-bond acceptors (Lipinski definition) is 6. The van der Waals surface area contributed by atoms with Crippen LogP contribution in [0.3, 0.4) is 0 Å². The molecule has 3 unspecified atom stereocenters. The predicted octanol–water partition coefficient (Wildman–Crippen LogP) is 2.38. The van der Waals surface area contributed by atoms with Crippen molar-refractivity contribution >= 4 is 45.5 Å². The Hall–Kier alpha value is -1.32. The average Bonchev–Trinajstić information content (AvgIpc) is 3.29. The van der Waals surface area contributed by atoms with Crippen molar-refractivity contribution in [1.29, 1.82) is 0 Å². The number of esters is 1. The van der Waals surface area contributed by atoms with E-state index in [4.69, 9.17) is 4.74 Å². The number of rotatable bonds is 9. The number of amides is 2. The molecule has 7 nitrogen and oxygen atoms in total. The molecule has 32 heavy (non-hydrogen) atoms. The molecule has 0 radical (unpaired) electrons. The molecule has 0 aromatic rings. The minimum Gasteiger partial charge on any atom is -0.465 e. The molecule has 0 saturated carbocycles. The topological polar surface area (TPSA) is 87.1 Å². The fraction of sp³-hybridized carbons (Fsp3) is 0.696. The van der Waals surface area contributed by atoms with Gasteiger partial charge in [-0.05, 0) is 33.6 Å². The van der Waals surface area contributed by atoms with Crippen molar-refractivity contribution < 1.29 is 24.2 Å². The number of carbonyl (C=O) groups excluding carboxylic acids is 3. The second-order valence-electron chi connectivity index (χ2n) is 9.57. The molecule has 0 aliphatic carbocycles. The number of likely N-dealkylation sites (tertiary alicyclic amines) is 1. The van der Waals surface area contributed by atoms with E-state index in [-0.39, 0.29) is 41.6 Å². The van der Waals surface area contributed by atoms with E-state index in [0.29, 0.717) is 19.4 Å². The van der Waals surface area contributed by atoms with Crippen LogP contribution in [0.4, 0.5) is 0 Å². The van der Waals surface area contributed by atoms with Crippen molar-refractivity contribution in [1.82, 2.24) is 9.80 Å². The first-order chi connectivity index (χ1) is 15.0. The second kappa shape index (κ2) is 9.50. The number of thioether (sulfide) groups is 1. The normalized spacial score (nSPS) is 33.2. The third-order valence-corrected chi connectivity index (χ3v) is 9.81. The number of alkyl halides is 1. The minimum atomic E-state index is -0.757. The molecule has 6 atom stereocenters. The van der Waals surface area contributed by atoms with Gasteiger partial charge in [-0.3, -0.25) is 14.4 Å². The molecular weight excluding hydrogens is 496 g/mol. The number of aliphatic hydroxyl groups excluding tert-OH is 1. The van der Waals surface area contributed by atoms with Crippen molar-refractivity contribution in [2.24, 2.45) is 11.8 Å². The van der Waals surface area contributed by atoms with E-state index >= 15 is 0 Å². The van der Waals surface area contributed by atoms with Gasteiger partial charge in [0, 0.05) is 28.7 Å². The van der Waals surface area contributed by atoms with Gasteiger partial charge in [0.05, 0.1) is 29.8 Å². The van der Waals surface area contributed by atoms with Gasteiger partial charge >= 0.3 is 5.97 Å². The van der Waals surface area contributed by atoms with Gasteiger partial charge in [-0.2, -0.15) is 0 Å². The summed E-state index contributed by atoms with van der Waals surface area (Å²) in [5.41, 5.74) is -0.480. The summed E-state index contributed by atoms with van der Waals surface area (Å²) in [6.45, 7) is 13.6. The third-order valence-electron chi connectivity index (χ3n) is 6.59. The highest BCUT2D eigenvalue weighted by molar-refractivity contribution is 9.09. The van der Waals surface area contributed by atoms with Crippen molar-refractivity contribution in [3.05, 3.63) is 25.3 Å². The lowest BCUT2D eigenvalue weighted by molar-refractivity contribution is -0.154. The monoisotopic (exact) mass is 528 g/mol. The molecule has 1 N–H and O–H groups in total. The Morgan fingerprint density at radius 1 is 1.38 bits per heavy atom. The summed E-state index contributed by atoms with van der Waals surface area (Å²) in [7, 11) is 0. The summed E-state index contributed by atoms with van der Waals surface area (Å²) < 4.78 is 4.74. The minimum absolute atomic E-state index is 0.0135. The van der Waals surface area contributed by atoms with Crippen molar-refractivity contribution in [3.63, 3.8) is 0 Å². The molecular formula is C23H33BrN2O5S. The number of hydrogen-bond donors (Lipinski definition) is 1. The lowest BCUT2D eigenvalue weighted by Crippen LogP contribution is -2.59. The first-order valence-corrected chi connectivity index (χ1v) is 12.8. The van der Waals surface area contributed by atoms with Crippen LogP contribution in [0.5, 0.6) is 0 Å². The maximum Gasteiger partial charge on any atom is 0.310 e. The van der Waals surface area contributed by atoms with E-state index in [0.717, 1.165) is 0 Å². The maximum atomic E-state index is 14.0. The van der Waals surface area contributed by atoms with Crippen LogP contribution in [0, 0.1) is 11.8 Å². The van der Waals surface area contributed by atoms with Gasteiger partial charge in [0.25, 0.3) is 0 Å². The van der Waals surface area contributed by atoms with E-state index in [2.05, 4.69) is 29.1 Å². The molecule has 3 rings (SSSR count). The molecule has 2 amide bonds.